The van der Waals surface area contributed by atoms with Gasteiger partial charge in [0.2, 0.25) is 0 Å². The molecule has 0 radical (unpaired) electrons. The van der Waals surface area contributed by atoms with Crippen LogP contribution in [0.2, 0.25) is 0 Å². The number of para-hydroxylation sites is 1. The van der Waals surface area contributed by atoms with Gasteiger partial charge in [-0.05, 0) is 26.0 Å². The van der Waals surface area contributed by atoms with Crippen molar-refractivity contribution in [1.82, 2.24) is 9.55 Å². The van der Waals surface area contributed by atoms with E-state index in [0.717, 1.165) is 28.5 Å². The van der Waals surface area contributed by atoms with Crippen LogP contribution in [0.15, 0.2) is 30.5 Å². The summed E-state index contributed by atoms with van der Waals surface area (Å²) in [6.07, 6.45) is 2.08. The van der Waals surface area contributed by atoms with E-state index >= 15 is 0 Å². The first-order valence-electron chi connectivity index (χ1n) is 5.91. The Kier molecular flexibility index (Phi) is 2.59. The molecule has 0 saturated carbocycles. The Morgan fingerprint density at radius 3 is 2.83 bits per heavy atom. The number of rotatable bonds is 2. The van der Waals surface area contributed by atoms with Gasteiger partial charge in [0.15, 0.2) is 0 Å². The van der Waals surface area contributed by atoms with Crippen molar-refractivity contribution in [3.63, 3.8) is 0 Å². The SMILES string of the molecule is Cc1nc(Cn2ccc3cccc(N)c32)sc1C. The van der Waals surface area contributed by atoms with Gasteiger partial charge in [-0.15, -0.1) is 11.3 Å². The number of nitrogen functional groups attached to an aromatic ring is 1. The number of aromatic nitrogens is 2. The first-order chi connectivity index (χ1) is 8.65. The predicted molar refractivity (Wildman–Crippen MR) is 77.0 cm³/mol. The zero-order valence-electron chi connectivity index (χ0n) is 10.5. The van der Waals surface area contributed by atoms with Crippen LogP contribution in [0.3, 0.4) is 0 Å². The fourth-order valence-electron chi connectivity index (χ4n) is 2.18. The average Bonchev–Trinajstić information content (AvgIpc) is 2.86. The van der Waals surface area contributed by atoms with E-state index in [4.69, 9.17) is 5.73 Å². The Balaban J connectivity index is 2.05. The number of nitrogens with zero attached hydrogens (tertiary/aromatic N) is 2. The number of anilines is 1. The summed E-state index contributed by atoms with van der Waals surface area (Å²) >= 11 is 1.75. The molecule has 3 rings (SSSR count). The quantitative estimate of drug-likeness (QED) is 0.715. The Bertz CT molecular complexity index is 689. The largest absolute Gasteiger partial charge is 0.397 e. The van der Waals surface area contributed by atoms with Crippen molar-refractivity contribution in [3.8, 4) is 0 Å². The minimum atomic E-state index is 0.789. The van der Waals surface area contributed by atoms with Gasteiger partial charge in [0.25, 0.3) is 0 Å². The Morgan fingerprint density at radius 2 is 2.11 bits per heavy atom. The van der Waals surface area contributed by atoms with E-state index in [1.165, 1.54) is 10.3 Å². The van der Waals surface area contributed by atoms with E-state index in [1.807, 2.05) is 12.1 Å². The molecule has 4 heteroatoms. The van der Waals surface area contributed by atoms with Crippen LogP contribution in [-0.2, 0) is 6.54 Å². The van der Waals surface area contributed by atoms with Crippen LogP contribution in [-0.4, -0.2) is 9.55 Å². The molecule has 0 unspecified atom stereocenters. The van der Waals surface area contributed by atoms with E-state index < -0.39 is 0 Å². The van der Waals surface area contributed by atoms with Crippen LogP contribution in [0.1, 0.15) is 15.6 Å². The molecule has 18 heavy (non-hydrogen) atoms. The maximum Gasteiger partial charge on any atom is 0.113 e. The summed E-state index contributed by atoms with van der Waals surface area (Å²) in [5.41, 5.74) is 9.10. The van der Waals surface area contributed by atoms with Gasteiger partial charge < -0.3 is 10.3 Å². The van der Waals surface area contributed by atoms with Crippen molar-refractivity contribution >= 4 is 27.9 Å². The van der Waals surface area contributed by atoms with Gasteiger partial charge in [0.05, 0.1) is 23.4 Å². The first kappa shape index (κ1) is 11.3. The number of nitrogens with two attached hydrogens (primary N) is 1. The van der Waals surface area contributed by atoms with Gasteiger partial charge in [0, 0.05) is 16.5 Å². The minimum Gasteiger partial charge on any atom is -0.397 e. The lowest BCUT2D eigenvalue weighted by molar-refractivity contribution is 0.825. The highest BCUT2D eigenvalue weighted by Gasteiger charge is 2.08. The molecule has 0 spiro atoms. The molecule has 0 amide bonds. The molecule has 0 saturated heterocycles. The first-order valence-corrected chi connectivity index (χ1v) is 6.73. The van der Waals surface area contributed by atoms with Crippen LogP contribution in [0.5, 0.6) is 0 Å². The Labute approximate surface area is 110 Å². The highest BCUT2D eigenvalue weighted by molar-refractivity contribution is 7.11. The molecule has 0 bridgehead atoms. The molecule has 2 aromatic heterocycles. The van der Waals surface area contributed by atoms with Crippen LogP contribution in [0, 0.1) is 13.8 Å². The smallest absolute Gasteiger partial charge is 0.113 e. The van der Waals surface area contributed by atoms with Crippen molar-refractivity contribution in [2.45, 2.75) is 20.4 Å². The normalized spacial score (nSPS) is 11.2. The number of hydrogen-bond acceptors (Lipinski definition) is 3. The number of hydrogen-bond donors (Lipinski definition) is 1. The summed E-state index contributed by atoms with van der Waals surface area (Å²) < 4.78 is 2.17. The summed E-state index contributed by atoms with van der Waals surface area (Å²) in [5.74, 6) is 0. The van der Waals surface area contributed by atoms with Crippen molar-refractivity contribution in [3.05, 3.63) is 46.0 Å². The second kappa shape index (κ2) is 4.14. The molecule has 3 nitrogen and oxygen atoms in total. The summed E-state index contributed by atoms with van der Waals surface area (Å²) in [6, 6.07) is 8.11. The summed E-state index contributed by atoms with van der Waals surface area (Å²) in [6.45, 7) is 4.95. The number of benzene rings is 1. The van der Waals surface area contributed by atoms with Crippen LogP contribution in [0.25, 0.3) is 10.9 Å². The van der Waals surface area contributed by atoms with Gasteiger partial charge >= 0.3 is 0 Å². The van der Waals surface area contributed by atoms with Crippen LogP contribution in [0.4, 0.5) is 5.69 Å². The Hall–Kier alpha value is -1.81. The third-order valence-electron chi connectivity index (χ3n) is 3.20. The molecule has 0 aliphatic rings. The lowest BCUT2D eigenvalue weighted by Crippen LogP contribution is -1.99. The predicted octanol–water partition coefficient (Wildman–Crippen LogP) is 3.35. The van der Waals surface area contributed by atoms with Gasteiger partial charge in [-0.2, -0.15) is 0 Å². The molecular formula is C14H15N3S. The van der Waals surface area contributed by atoms with E-state index in [2.05, 4.69) is 41.7 Å². The van der Waals surface area contributed by atoms with Gasteiger partial charge in [-0.3, -0.25) is 0 Å². The van der Waals surface area contributed by atoms with Crippen molar-refractivity contribution < 1.29 is 0 Å². The molecule has 2 N–H and O–H groups in total. The molecule has 0 atom stereocenters. The average molecular weight is 257 g/mol. The van der Waals surface area contributed by atoms with Crippen molar-refractivity contribution in [2.75, 3.05) is 5.73 Å². The number of thiazole rings is 1. The topological polar surface area (TPSA) is 43.8 Å². The molecular weight excluding hydrogens is 242 g/mol. The molecule has 1 aromatic carbocycles. The van der Waals surface area contributed by atoms with Crippen LogP contribution < -0.4 is 5.73 Å². The highest BCUT2D eigenvalue weighted by Crippen LogP contribution is 2.24. The minimum absolute atomic E-state index is 0.789. The van der Waals surface area contributed by atoms with Crippen LogP contribution >= 0.6 is 11.3 Å². The second-order valence-corrected chi connectivity index (χ2v) is 5.77. The van der Waals surface area contributed by atoms with Gasteiger partial charge in [-0.1, -0.05) is 12.1 Å². The monoisotopic (exact) mass is 257 g/mol. The van der Waals surface area contributed by atoms with E-state index in [9.17, 15) is 0 Å². The van der Waals surface area contributed by atoms with Crippen molar-refractivity contribution in [2.24, 2.45) is 0 Å². The third kappa shape index (κ3) is 1.78. The zero-order valence-corrected chi connectivity index (χ0v) is 11.3. The molecule has 92 valence electrons. The lowest BCUT2D eigenvalue weighted by atomic mass is 10.2. The third-order valence-corrected chi connectivity index (χ3v) is 4.26. The summed E-state index contributed by atoms with van der Waals surface area (Å²) in [7, 11) is 0. The van der Waals surface area contributed by atoms with E-state index in [-0.39, 0.29) is 0 Å². The Morgan fingerprint density at radius 1 is 1.28 bits per heavy atom. The zero-order chi connectivity index (χ0) is 12.7. The van der Waals surface area contributed by atoms with Crippen molar-refractivity contribution in [1.29, 1.82) is 0 Å². The molecule has 2 heterocycles. The van der Waals surface area contributed by atoms with Gasteiger partial charge in [0.1, 0.15) is 5.01 Å². The molecule has 0 fully saturated rings. The fraction of sp³-hybridized carbons (Fsp3) is 0.214. The van der Waals surface area contributed by atoms with E-state index in [1.54, 1.807) is 11.3 Å². The number of fused-ring (bicyclic) bond motifs is 1. The molecule has 3 aromatic rings. The summed E-state index contributed by atoms with van der Waals surface area (Å²) in [5, 5.41) is 2.31. The summed E-state index contributed by atoms with van der Waals surface area (Å²) in [4.78, 5) is 5.86. The fourth-order valence-corrected chi connectivity index (χ4v) is 3.11. The molecule has 0 aliphatic carbocycles. The lowest BCUT2D eigenvalue weighted by Gasteiger charge is -2.05. The van der Waals surface area contributed by atoms with Gasteiger partial charge in [-0.25, -0.2) is 4.98 Å². The maximum absolute atomic E-state index is 6.05. The highest BCUT2D eigenvalue weighted by atomic mass is 32.1. The standard InChI is InChI=1S/C14H15N3S/c1-9-10(2)18-13(16-9)8-17-7-6-11-4-3-5-12(15)14(11)17/h3-7H,8,15H2,1-2H3. The van der Waals surface area contributed by atoms with E-state index in [0.29, 0.717) is 0 Å². The molecule has 0 aliphatic heterocycles. The maximum atomic E-state index is 6.05. The second-order valence-electron chi connectivity index (χ2n) is 4.48. The number of aryl methyl sites for hydroxylation is 2.